The van der Waals surface area contributed by atoms with Gasteiger partial charge in [-0.25, -0.2) is 4.39 Å². The van der Waals surface area contributed by atoms with Gasteiger partial charge in [0.1, 0.15) is 16.4 Å². The summed E-state index contributed by atoms with van der Waals surface area (Å²) in [6.45, 7) is 0.535. The molecule has 0 spiro atoms. The van der Waals surface area contributed by atoms with Gasteiger partial charge in [0, 0.05) is 5.56 Å². The number of hydrogen-bond donors (Lipinski definition) is 0. The summed E-state index contributed by atoms with van der Waals surface area (Å²) >= 11 is 6.47. The third-order valence-corrected chi connectivity index (χ3v) is 3.59. The van der Waals surface area contributed by atoms with Gasteiger partial charge in [-0.05, 0) is 28.9 Å². The number of carbonyl (C=O) groups excluding carboxylic acids is 1. The standard InChI is InChI=1S/C10H9Br2FO2/c1-6(14)9(12)7-3-2-4-8(11)10(7)15-5-13/h2-4,9H,5H2,1H3. The van der Waals surface area contributed by atoms with Crippen molar-refractivity contribution in [2.75, 3.05) is 6.86 Å². The zero-order valence-electron chi connectivity index (χ0n) is 7.97. The molecule has 0 bridgehead atoms. The first-order valence-electron chi connectivity index (χ1n) is 4.19. The fourth-order valence-electron chi connectivity index (χ4n) is 1.15. The molecule has 0 aliphatic rings. The summed E-state index contributed by atoms with van der Waals surface area (Å²) in [5.41, 5.74) is 0.620. The average Bonchev–Trinajstić information content (AvgIpc) is 2.20. The van der Waals surface area contributed by atoms with Gasteiger partial charge in [0.25, 0.3) is 0 Å². The van der Waals surface area contributed by atoms with Crippen LogP contribution in [0.15, 0.2) is 22.7 Å². The maximum absolute atomic E-state index is 12.2. The van der Waals surface area contributed by atoms with Gasteiger partial charge < -0.3 is 4.74 Å². The zero-order valence-corrected chi connectivity index (χ0v) is 11.1. The maximum Gasteiger partial charge on any atom is 0.228 e. The Morgan fingerprint density at radius 2 is 2.27 bits per heavy atom. The van der Waals surface area contributed by atoms with Gasteiger partial charge in [0.05, 0.1) is 4.47 Å². The SMILES string of the molecule is CC(=O)C(Br)c1cccc(Br)c1OCF. The van der Waals surface area contributed by atoms with E-state index < -0.39 is 11.7 Å². The van der Waals surface area contributed by atoms with Gasteiger partial charge in [0.2, 0.25) is 6.86 Å². The second-order valence-corrected chi connectivity index (χ2v) is 4.65. The van der Waals surface area contributed by atoms with E-state index in [1.807, 2.05) is 0 Å². The van der Waals surface area contributed by atoms with Crippen LogP contribution in [0.3, 0.4) is 0 Å². The van der Waals surface area contributed by atoms with Gasteiger partial charge in [-0.2, -0.15) is 0 Å². The van der Waals surface area contributed by atoms with Crippen LogP contribution in [-0.2, 0) is 4.79 Å². The lowest BCUT2D eigenvalue weighted by atomic mass is 10.1. The predicted octanol–water partition coefficient (Wildman–Crippen LogP) is 3.78. The normalized spacial score (nSPS) is 12.3. The molecule has 1 atom stereocenters. The topological polar surface area (TPSA) is 26.3 Å². The molecule has 5 heteroatoms. The molecule has 0 saturated heterocycles. The molecular weight excluding hydrogens is 331 g/mol. The number of ketones is 1. The van der Waals surface area contributed by atoms with Crippen molar-refractivity contribution in [1.29, 1.82) is 0 Å². The van der Waals surface area contributed by atoms with Crippen molar-refractivity contribution in [1.82, 2.24) is 0 Å². The maximum atomic E-state index is 12.2. The molecule has 0 N–H and O–H groups in total. The molecule has 0 saturated carbocycles. The Morgan fingerprint density at radius 1 is 1.60 bits per heavy atom. The summed E-state index contributed by atoms with van der Waals surface area (Å²) in [6, 6.07) is 5.21. The summed E-state index contributed by atoms with van der Waals surface area (Å²) in [7, 11) is 0. The minimum absolute atomic E-state index is 0.0585. The first-order chi connectivity index (χ1) is 7.07. The van der Waals surface area contributed by atoms with E-state index in [9.17, 15) is 9.18 Å². The second kappa shape index (κ2) is 5.61. The van der Waals surface area contributed by atoms with E-state index in [2.05, 4.69) is 31.9 Å². The zero-order chi connectivity index (χ0) is 11.4. The number of hydrogen-bond acceptors (Lipinski definition) is 2. The third kappa shape index (κ3) is 3.01. The largest absolute Gasteiger partial charge is 0.461 e. The fourth-order valence-corrected chi connectivity index (χ4v) is 2.01. The first-order valence-corrected chi connectivity index (χ1v) is 5.90. The highest BCUT2D eigenvalue weighted by atomic mass is 79.9. The van der Waals surface area contributed by atoms with E-state index in [0.717, 1.165) is 0 Å². The van der Waals surface area contributed by atoms with Crippen molar-refractivity contribution in [3.63, 3.8) is 0 Å². The number of alkyl halides is 2. The molecular formula is C10H9Br2FO2. The van der Waals surface area contributed by atoms with Crippen molar-refractivity contribution in [3.05, 3.63) is 28.2 Å². The van der Waals surface area contributed by atoms with E-state index in [4.69, 9.17) is 4.74 Å². The minimum atomic E-state index is -0.923. The van der Waals surface area contributed by atoms with Crippen LogP contribution < -0.4 is 4.74 Å². The van der Waals surface area contributed by atoms with E-state index in [1.165, 1.54) is 6.92 Å². The van der Waals surface area contributed by atoms with Crippen LogP contribution in [0.1, 0.15) is 17.3 Å². The first kappa shape index (κ1) is 12.6. The van der Waals surface area contributed by atoms with Crippen LogP contribution in [0.4, 0.5) is 4.39 Å². The van der Waals surface area contributed by atoms with Crippen molar-refractivity contribution in [2.24, 2.45) is 0 Å². The molecule has 0 heterocycles. The van der Waals surface area contributed by atoms with E-state index in [1.54, 1.807) is 18.2 Å². The number of halogens is 3. The van der Waals surface area contributed by atoms with Crippen LogP contribution in [0.2, 0.25) is 0 Å². The molecule has 0 amide bonds. The molecule has 1 rings (SSSR count). The average molecular weight is 340 g/mol. The summed E-state index contributed by atoms with van der Waals surface area (Å²) in [6.07, 6.45) is 0. The van der Waals surface area contributed by atoms with E-state index >= 15 is 0 Å². The Kier molecular flexibility index (Phi) is 4.73. The van der Waals surface area contributed by atoms with Gasteiger partial charge >= 0.3 is 0 Å². The van der Waals surface area contributed by atoms with Crippen molar-refractivity contribution in [2.45, 2.75) is 11.8 Å². The lowest BCUT2D eigenvalue weighted by Gasteiger charge is -2.13. The van der Waals surface area contributed by atoms with E-state index in [0.29, 0.717) is 15.8 Å². The van der Waals surface area contributed by atoms with Crippen LogP contribution in [-0.4, -0.2) is 12.6 Å². The Labute approximate surface area is 104 Å². The molecule has 0 radical (unpaired) electrons. The fraction of sp³-hybridized carbons (Fsp3) is 0.300. The van der Waals surface area contributed by atoms with Gasteiger partial charge in [-0.1, -0.05) is 28.1 Å². The Morgan fingerprint density at radius 3 is 2.80 bits per heavy atom. The van der Waals surface area contributed by atoms with Gasteiger partial charge in [0.15, 0.2) is 0 Å². The Hall–Kier alpha value is -0.420. The number of rotatable bonds is 4. The molecule has 0 fully saturated rings. The molecule has 2 nitrogen and oxygen atoms in total. The summed E-state index contributed by atoms with van der Waals surface area (Å²) in [5.74, 6) is 0.300. The van der Waals surface area contributed by atoms with Gasteiger partial charge in [-0.3, -0.25) is 4.79 Å². The van der Waals surface area contributed by atoms with Crippen LogP contribution >= 0.6 is 31.9 Å². The molecule has 0 aliphatic carbocycles. The third-order valence-electron chi connectivity index (χ3n) is 1.83. The lowest BCUT2D eigenvalue weighted by Crippen LogP contribution is -2.04. The highest BCUT2D eigenvalue weighted by Gasteiger charge is 2.19. The van der Waals surface area contributed by atoms with Crippen LogP contribution in [0, 0.1) is 0 Å². The van der Waals surface area contributed by atoms with Crippen LogP contribution in [0.5, 0.6) is 5.75 Å². The Bertz CT molecular complexity index is 368. The summed E-state index contributed by atoms with van der Waals surface area (Å²) in [4.78, 5) is 10.7. The molecule has 15 heavy (non-hydrogen) atoms. The smallest absolute Gasteiger partial charge is 0.228 e. The second-order valence-electron chi connectivity index (χ2n) is 2.88. The molecule has 82 valence electrons. The number of para-hydroxylation sites is 1. The number of Topliss-reactive ketones (excluding diaryl/α,β-unsaturated/α-hetero) is 1. The summed E-state index contributed by atoms with van der Waals surface area (Å²) < 4.78 is 17.6. The van der Waals surface area contributed by atoms with Gasteiger partial charge in [-0.15, -0.1) is 0 Å². The van der Waals surface area contributed by atoms with Crippen LogP contribution in [0.25, 0.3) is 0 Å². The highest BCUT2D eigenvalue weighted by molar-refractivity contribution is 9.10. The molecule has 1 unspecified atom stereocenters. The quantitative estimate of drug-likeness (QED) is 0.780. The highest BCUT2D eigenvalue weighted by Crippen LogP contribution is 2.37. The molecule has 0 aliphatic heterocycles. The lowest BCUT2D eigenvalue weighted by molar-refractivity contribution is -0.116. The number of carbonyl (C=O) groups is 1. The van der Waals surface area contributed by atoms with Crippen molar-refractivity contribution >= 4 is 37.6 Å². The van der Waals surface area contributed by atoms with Crippen molar-refractivity contribution in [3.8, 4) is 5.75 Å². The van der Waals surface area contributed by atoms with Crippen molar-refractivity contribution < 1.29 is 13.9 Å². The molecule has 1 aromatic carbocycles. The predicted molar refractivity (Wildman–Crippen MR) is 63.1 cm³/mol. The number of ether oxygens (including phenoxy) is 1. The molecule has 0 aromatic heterocycles. The Balaban J connectivity index is 3.15. The number of benzene rings is 1. The summed E-state index contributed by atoms with van der Waals surface area (Å²) in [5, 5.41) is 0. The monoisotopic (exact) mass is 338 g/mol. The molecule has 1 aromatic rings. The minimum Gasteiger partial charge on any atom is -0.461 e. The van der Waals surface area contributed by atoms with E-state index in [-0.39, 0.29) is 5.78 Å².